The Morgan fingerprint density at radius 2 is 2.29 bits per heavy atom. The third-order valence-electron chi connectivity index (χ3n) is 2.12. The monoisotopic (exact) mass is 256 g/mol. The van der Waals surface area contributed by atoms with E-state index in [-0.39, 0.29) is 18.2 Å². The van der Waals surface area contributed by atoms with Gasteiger partial charge in [-0.3, -0.25) is 5.10 Å². The molecule has 2 heterocycles. The third kappa shape index (κ3) is 2.73. The normalized spacial score (nSPS) is 11.8. The summed E-state index contributed by atoms with van der Waals surface area (Å²) in [6.07, 6.45) is 3.14. The second-order valence-electron chi connectivity index (χ2n) is 3.36. The summed E-state index contributed by atoms with van der Waals surface area (Å²) in [5, 5.41) is 6.17. The van der Waals surface area contributed by atoms with Gasteiger partial charge in [0.2, 0.25) is 5.09 Å². The highest BCUT2D eigenvalue weighted by molar-refractivity contribution is 7.89. The van der Waals surface area contributed by atoms with Gasteiger partial charge in [0.15, 0.2) is 0 Å². The number of nitrogens with one attached hydrogen (secondary N) is 2. The Morgan fingerprint density at radius 3 is 2.88 bits per heavy atom. The van der Waals surface area contributed by atoms with Gasteiger partial charge in [-0.05, 0) is 12.1 Å². The number of rotatable bonds is 5. The van der Waals surface area contributed by atoms with E-state index in [0.717, 1.165) is 5.56 Å². The second kappa shape index (κ2) is 4.70. The topological polar surface area (TPSA) is 114 Å². The fraction of sp³-hybridized carbons (Fsp3) is 0.222. The number of aromatic nitrogens is 2. The first-order valence-electron chi connectivity index (χ1n) is 4.88. The smallest absolute Gasteiger partial charge is 0.274 e. The van der Waals surface area contributed by atoms with Crippen LogP contribution in [0.5, 0.6) is 0 Å². The molecule has 0 atom stereocenters. The molecule has 7 nitrogen and oxygen atoms in total. The van der Waals surface area contributed by atoms with Crippen molar-refractivity contribution in [1.29, 1.82) is 0 Å². The van der Waals surface area contributed by atoms with Gasteiger partial charge >= 0.3 is 0 Å². The zero-order valence-electron chi connectivity index (χ0n) is 8.88. The van der Waals surface area contributed by atoms with Crippen LogP contribution in [0.2, 0.25) is 0 Å². The standard InChI is InChI=1S/C9H12N4O3S/c10-3-8-1-2-9(16-8)17(14,15)13-6-7-4-11-12-5-7/h1-2,4-5,13H,3,6,10H2,(H,11,12). The van der Waals surface area contributed by atoms with Gasteiger partial charge < -0.3 is 10.2 Å². The molecular weight excluding hydrogens is 244 g/mol. The van der Waals surface area contributed by atoms with E-state index in [1.165, 1.54) is 18.3 Å². The largest absolute Gasteiger partial charge is 0.447 e. The van der Waals surface area contributed by atoms with Gasteiger partial charge in [-0.15, -0.1) is 0 Å². The number of H-pyrrole nitrogens is 1. The fourth-order valence-electron chi connectivity index (χ4n) is 1.24. The van der Waals surface area contributed by atoms with Crippen molar-refractivity contribution in [3.63, 3.8) is 0 Å². The summed E-state index contributed by atoms with van der Waals surface area (Å²) in [5.74, 6) is 0.425. The van der Waals surface area contributed by atoms with Crippen LogP contribution in [0, 0.1) is 0 Å². The van der Waals surface area contributed by atoms with E-state index in [4.69, 9.17) is 10.2 Å². The maximum atomic E-state index is 11.8. The van der Waals surface area contributed by atoms with Gasteiger partial charge in [-0.25, -0.2) is 13.1 Å². The Kier molecular flexibility index (Phi) is 3.27. The highest BCUT2D eigenvalue weighted by atomic mass is 32.2. The first-order valence-corrected chi connectivity index (χ1v) is 6.36. The Morgan fingerprint density at radius 1 is 1.47 bits per heavy atom. The van der Waals surface area contributed by atoms with E-state index in [1.54, 1.807) is 6.20 Å². The van der Waals surface area contributed by atoms with Crippen molar-refractivity contribution in [3.8, 4) is 0 Å². The summed E-state index contributed by atoms with van der Waals surface area (Å²) < 4.78 is 31.0. The van der Waals surface area contributed by atoms with Crippen molar-refractivity contribution in [3.05, 3.63) is 35.9 Å². The summed E-state index contributed by atoms with van der Waals surface area (Å²) in [6.45, 7) is 0.314. The quantitative estimate of drug-likeness (QED) is 0.693. The Labute approximate surface area is 98.1 Å². The van der Waals surface area contributed by atoms with E-state index in [0.29, 0.717) is 5.76 Å². The minimum Gasteiger partial charge on any atom is -0.447 e. The minimum atomic E-state index is -3.64. The molecule has 8 heteroatoms. The molecule has 0 aliphatic rings. The molecule has 0 fully saturated rings. The summed E-state index contributed by atoms with van der Waals surface area (Å²) in [7, 11) is -3.64. The first kappa shape index (κ1) is 11.8. The van der Waals surface area contributed by atoms with Crippen molar-refractivity contribution in [1.82, 2.24) is 14.9 Å². The van der Waals surface area contributed by atoms with Gasteiger partial charge in [0.05, 0.1) is 12.7 Å². The van der Waals surface area contributed by atoms with Crippen LogP contribution in [0.15, 0.2) is 34.0 Å². The van der Waals surface area contributed by atoms with Gasteiger partial charge in [-0.1, -0.05) is 0 Å². The lowest BCUT2D eigenvalue weighted by atomic mass is 10.4. The predicted molar refractivity (Wildman–Crippen MR) is 59.2 cm³/mol. The number of nitrogens with zero attached hydrogens (tertiary/aromatic N) is 1. The zero-order valence-corrected chi connectivity index (χ0v) is 9.70. The van der Waals surface area contributed by atoms with E-state index in [1.807, 2.05) is 0 Å². The van der Waals surface area contributed by atoms with E-state index in [9.17, 15) is 8.42 Å². The highest BCUT2D eigenvalue weighted by Gasteiger charge is 2.18. The molecule has 0 amide bonds. The average Bonchev–Trinajstić information content (AvgIpc) is 2.98. The molecule has 0 spiro atoms. The van der Waals surface area contributed by atoms with E-state index < -0.39 is 10.0 Å². The van der Waals surface area contributed by atoms with Gasteiger partial charge in [0.1, 0.15) is 5.76 Å². The lowest BCUT2D eigenvalue weighted by molar-refractivity contribution is 0.413. The van der Waals surface area contributed by atoms with Crippen molar-refractivity contribution in [2.45, 2.75) is 18.2 Å². The molecule has 92 valence electrons. The zero-order chi connectivity index (χ0) is 12.3. The van der Waals surface area contributed by atoms with E-state index in [2.05, 4.69) is 14.9 Å². The van der Waals surface area contributed by atoms with Crippen LogP contribution < -0.4 is 10.5 Å². The number of furan rings is 1. The Balaban J connectivity index is 2.08. The molecule has 0 saturated heterocycles. The molecule has 0 aromatic carbocycles. The minimum absolute atomic E-state index is 0.138. The SMILES string of the molecule is NCc1ccc(S(=O)(=O)NCc2cn[nH]c2)o1. The first-order chi connectivity index (χ1) is 8.12. The van der Waals surface area contributed by atoms with E-state index >= 15 is 0 Å². The molecule has 17 heavy (non-hydrogen) atoms. The van der Waals surface area contributed by atoms with Crippen LogP contribution in [0.4, 0.5) is 0 Å². The van der Waals surface area contributed by atoms with Crippen molar-refractivity contribution in [2.24, 2.45) is 5.73 Å². The molecule has 0 radical (unpaired) electrons. The van der Waals surface area contributed by atoms with Gasteiger partial charge in [-0.2, -0.15) is 5.10 Å². The van der Waals surface area contributed by atoms with Crippen LogP contribution in [-0.2, 0) is 23.1 Å². The van der Waals surface area contributed by atoms with Crippen molar-refractivity contribution < 1.29 is 12.8 Å². The molecule has 0 aliphatic carbocycles. The number of hydrogen-bond donors (Lipinski definition) is 3. The van der Waals surface area contributed by atoms with Crippen molar-refractivity contribution >= 4 is 10.0 Å². The second-order valence-corrected chi connectivity index (χ2v) is 5.05. The Bertz CT molecular complexity index is 573. The number of nitrogens with two attached hydrogens (primary N) is 1. The summed E-state index contributed by atoms with van der Waals surface area (Å²) in [6, 6.07) is 2.91. The molecule has 2 aromatic rings. The number of sulfonamides is 1. The molecule has 2 aromatic heterocycles. The summed E-state index contributed by atoms with van der Waals surface area (Å²) in [4.78, 5) is 0. The number of hydrogen-bond acceptors (Lipinski definition) is 5. The molecule has 4 N–H and O–H groups in total. The maximum Gasteiger partial charge on any atom is 0.274 e. The lowest BCUT2D eigenvalue weighted by Gasteiger charge is -2.01. The van der Waals surface area contributed by atoms with Crippen LogP contribution >= 0.6 is 0 Å². The maximum absolute atomic E-state index is 11.8. The number of aromatic amines is 1. The molecule has 0 aliphatic heterocycles. The molecular formula is C9H12N4O3S. The van der Waals surface area contributed by atoms with Crippen molar-refractivity contribution in [2.75, 3.05) is 0 Å². The van der Waals surface area contributed by atoms with Gasteiger partial charge in [0, 0.05) is 18.3 Å². The fourth-order valence-corrected chi connectivity index (χ4v) is 2.20. The Hall–Kier alpha value is -1.64. The molecule has 0 unspecified atom stereocenters. The van der Waals surface area contributed by atoms with Crippen LogP contribution in [0.3, 0.4) is 0 Å². The molecule has 0 bridgehead atoms. The van der Waals surface area contributed by atoms with Crippen LogP contribution in [-0.4, -0.2) is 18.6 Å². The molecule has 2 rings (SSSR count). The predicted octanol–water partition coefficient (Wildman–Crippen LogP) is -0.0601. The molecule has 0 saturated carbocycles. The van der Waals surface area contributed by atoms with Gasteiger partial charge in [0.25, 0.3) is 10.0 Å². The van der Waals surface area contributed by atoms with Crippen LogP contribution in [0.1, 0.15) is 11.3 Å². The summed E-state index contributed by atoms with van der Waals surface area (Å²) >= 11 is 0. The lowest BCUT2D eigenvalue weighted by Crippen LogP contribution is -2.22. The average molecular weight is 256 g/mol. The highest BCUT2D eigenvalue weighted by Crippen LogP contribution is 2.13. The third-order valence-corrected chi connectivity index (χ3v) is 3.40. The summed E-state index contributed by atoms with van der Waals surface area (Å²) in [5.41, 5.74) is 6.07. The van der Waals surface area contributed by atoms with Crippen LogP contribution in [0.25, 0.3) is 0 Å².